The van der Waals surface area contributed by atoms with Crippen LogP contribution >= 0.6 is 11.6 Å². The van der Waals surface area contributed by atoms with Crippen LogP contribution in [-0.2, 0) is 0 Å². The van der Waals surface area contributed by atoms with E-state index in [0.29, 0.717) is 11.8 Å². The van der Waals surface area contributed by atoms with Crippen LogP contribution in [0, 0.1) is 13.8 Å². The van der Waals surface area contributed by atoms with Crippen molar-refractivity contribution in [1.29, 1.82) is 0 Å². The first kappa shape index (κ1) is 9.92. The molecule has 0 atom stereocenters. The maximum absolute atomic E-state index is 5.69. The number of ether oxygens (including phenoxy) is 1. The van der Waals surface area contributed by atoms with Crippen LogP contribution in [0.25, 0.3) is 0 Å². The minimum absolute atomic E-state index is 0.164. The van der Waals surface area contributed by atoms with Crippen LogP contribution in [-0.4, -0.2) is 20.2 Å². The Morgan fingerprint density at radius 2 is 2.00 bits per heavy atom. The van der Waals surface area contributed by atoms with Crippen LogP contribution in [0.3, 0.4) is 0 Å². The number of aromatic amines is 1. The summed E-state index contributed by atoms with van der Waals surface area (Å²) in [6.45, 7) is 3.70. The lowest BCUT2D eigenvalue weighted by molar-refractivity contribution is 0.441. The lowest BCUT2D eigenvalue weighted by Gasteiger charge is -2.01. The molecule has 0 saturated carbocycles. The topological polar surface area (TPSA) is 63.7 Å². The fourth-order valence-corrected chi connectivity index (χ4v) is 1.33. The number of aryl methyl sites for hydroxylation is 2. The number of H-pyrrole nitrogens is 1. The highest BCUT2D eigenvalue weighted by Crippen LogP contribution is 2.19. The van der Waals surface area contributed by atoms with E-state index in [-0.39, 0.29) is 5.28 Å². The van der Waals surface area contributed by atoms with Gasteiger partial charge < -0.3 is 4.74 Å². The van der Waals surface area contributed by atoms with Crippen LogP contribution in [0.1, 0.15) is 11.4 Å². The molecule has 0 aromatic carbocycles. The van der Waals surface area contributed by atoms with Gasteiger partial charge in [-0.05, 0) is 25.4 Å². The van der Waals surface area contributed by atoms with Gasteiger partial charge in [-0.15, -0.1) is 5.10 Å². The third-order valence-corrected chi connectivity index (χ3v) is 1.86. The molecule has 6 heteroatoms. The lowest BCUT2D eigenvalue weighted by Crippen LogP contribution is -1.92. The lowest BCUT2D eigenvalue weighted by atomic mass is 10.4. The first-order valence-electron chi connectivity index (χ1n) is 4.34. The van der Waals surface area contributed by atoms with E-state index in [4.69, 9.17) is 16.3 Å². The molecule has 0 aliphatic heterocycles. The summed E-state index contributed by atoms with van der Waals surface area (Å²) in [5.41, 5.74) is 1.67. The van der Waals surface area contributed by atoms with Gasteiger partial charge in [0.05, 0.1) is 0 Å². The van der Waals surface area contributed by atoms with Gasteiger partial charge in [-0.1, -0.05) is 0 Å². The van der Waals surface area contributed by atoms with E-state index in [1.165, 1.54) is 0 Å². The average molecular weight is 225 g/mol. The molecule has 0 aliphatic carbocycles. The molecule has 0 unspecified atom stereocenters. The molecule has 5 nitrogen and oxygen atoms in total. The highest BCUT2D eigenvalue weighted by atomic mass is 35.5. The van der Waals surface area contributed by atoms with Gasteiger partial charge in [-0.3, -0.25) is 5.10 Å². The number of hydrogen-bond donors (Lipinski definition) is 1. The van der Waals surface area contributed by atoms with Gasteiger partial charge in [0.1, 0.15) is 0 Å². The number of hydrogen-bond acceptors (Lipinski definition) is 4. The minimum Gasteiger partial charge on any atom is -0.419 e. The van der Waals surface area contributed by atoms with Gasteiger partial charge in [0.15, 0.2) is 0 Å². The summed E-state index contributed by atoms with van der Waals surface area (Å²) in [5, 5.41) is 6.85. The summed E-state index contributed by atoms with van der Waals surface area (Å²) in [6, 6.07) is 3.46. The SMILES string of the molecule is Cc1cc(Oc2cc(C)[nH]n2)nc(Cl)n1. The van der Waals surface area contributed by atoms with Crippen molar-refractivity contribution in [3.63, 3.8) is 0 Å². The van der Waals surface area contributed by atoms with E-state index in [2.05, 4.69) is 20.2 Å². The third-order valence-electron chi connectivity index (χ3n) is 1.69. The van der Waals surface area contributed by atoms with Gasteiger partial charge in [0, 0.05) is 23.5 Å². The predicted molar refractivity (Wildman–Crippen MR) is 55.2 cm³/mol. The molecular weight excluding hydrogens is 216 g/mol. The van der Waals surface area contributed by atoms with Crippen molar-refractivity contribution in [2.45, 2.75) is 13.8 Å². The molecule has 1 N–H and O–H groups in total. The summed E-state index contributed by atoms with van der Waals surface area (Å²) in [5.74, 6) is 0.848. The number of rotatable bonds is 2. The monoisotopic (exact) mass is 224 g/mol. The zero-order valence-corrected chi connectivity index (χ0v) is 9.04. The van der Waals surface area contributed by atoms with Crippen LogP contribution < -0.4 is 4.74 Å². The van der Waals surface area contributed by atoms with Gasteiger partial charge in [-0.25, -0.2) is 4.98 Å². The summed E-state index contributed by atoms with van der Waals surface area (Å²) < 4.78 is 5.38. The van der Waals surface area contributed by atoms with E-state index in [9.17, 15) is 0 Å². The van der Waals surface area contributed by atoms with Crippen LogP contribution in [0.4, 0.5) is 0 Å². The quantitative estimate of drug-likeness (QED) is 0.795. The van der Waals surface area contributed by atoms with Crippen molar-refractivity contribution in [1.82, 2.24) is 20.2 Å². The van der Waals surface area contributed by atoms with E-state index in [0.717, 1.165) is 11.4 Å². The smallest absolute Gasteiger partial charge is 0.240 e. The minimum atomic E-state index is 0.164. The number of nitrogens with one attached hydrogen (secondary N) is 1. The molecule has 2 aromatic rings. The van der Waals surface area contributed by atoms with Crippen LogP contribution in [0.5, 0.6) is 11.8 Å². The molecule has 0 radical (unpaired) electrons. The second-order valence-corrected chi connectivity index (χ2v) is 3.45. The van der Waals surface area contributed by atoms with Crippen molar-refractivity contribution in [3.05, 3.63) is 28.8 Å². The van der Waals surface area contributed by atoms with Crippen molar-refractivity contribution in [2.24, 2.45) is 0 Å². The van der Waals surface area contributed by atoms with E-state index < -0.39 is 0 Å². The van der Waals surface area contributed by atoms with Crippen molar-refractivity contribution in [2.75, 3.05) is 0 Å². The normalized spacial score (nSPS) is 10.3. The highest BCUT2D eigenvalue weighted by Gasteiger charge is 2.04. The second kappa shape index (κ2) is 3.86. The first-order chi connectivity index (χ1) is 7.13. The standard InChI is InChI=1S/C9H9ClN4O/c1-5-3-7(12-9(10)11-5)15-8-4-6(2)13-14-8/h3-4H,1-2H3,(H,13,14). The Balaban J connectivity index is 2.24. The van der Waals surface area contributed by atoms with Gasteiger partial charge in [0.2, 0.25) is 17.0 Å². The van der Waals surface area contributed by atoms with Gasteiger partial charge >= 0.3 is 0 Å². The van der Waals surface area contributed by atoms with Crippen LogP contribution in [0.2, 0.25) is 5.28 Å². The zero-order valence-electron chi connectivity index (χ0n) is 8.28. The highest BCUT2D eigenvalue weighted by molar-refractivity contribution is 6.28. The number of nitrogens with zero attached hydrogens (tertiary/aromatic N) is 3. The molecule has 15 heavy (non-hydrogen) atoms. The summed E-state index contributed by atoms with van der Waals surface area (Å²) in [4.78, 5) is 7.84. The molecule has 2 aromatic heterocycles. The Kier molecular flexibility index (Phi) is 2.55. The Bertz CT molecular complexity index is 462. The van der Waals surface area contributed by atoms with Crippen LogP contribution in [0.15, 0.2) is 12.1 Å². The Labute approximate surface area is 91.5 Å². The van der Waals surface area contributed by atoms with E-state index in [1.54, 1.807) is 12.1 Å². The summed E-state index contributed by atoms with van der Waals surface area (Å²) in [6.07, 6.45) is 0. The largest absolute Gasteiger partial charge is 0.419 e. The fourth-order valence-electron chi connectivity index (χ4n) is 1.11. The molecular formula is C9H9ClN4O. The van der Waals surface area contributed by atoms with Crippen molar-refractivity contribution < 1.29 is 4.74 Å². The van der Waals surface area contributed by atoms with Crippen molar-refractivity contribution in [3.8, 4) is 11.8 Å². The fraction of sp³-hybridized carbons (Fsp3) is 0.222. The Morgan fingerprint density at radius 1 is 1.20 bits per heavy atom. The molecule has 0 spiro atoms. The van der Waals surface area contributed by atoms with E-state index in [1.807, 2.05) is 13.8 Å². The summed E-state index contributed by atoms with van der Waals surface area (Å²) >= 11 is 5.69. The zero-order chi connectivity index (χ0) is 10.8. The molecule has 2 heterocycles. The first-order valence-corrected chi connectivity index (χ1v) is 4.72. The molecule has 0 aliphatic rings. The molecule has 2 rings (SSSR count). The second-order valence-electron chi connectivity index (χ2n) is 3.11. The Hall–Kier alpha value is -1.62. The van der Waals surface area contributed by atoms with E-state index >= 15 is 0 Å². The molecule has 0 fully saturated rings. The molecule has 0 saturated heterocycles. The predicted octanol–water partition coefficient (Wildman–Crippen LogP) is 2.26. The van der Waals surface area contributed by atoms with Crippen molar-refractivity contribution >= 4 is 11.6 Å². The third kappa shape index (κ3) is 2.44. The molecule has 0 bridgehead atoms. The maximum Gasteiger partial charge on any atom is 0.240 e. The molecule has 0 amide bonds. The van der Waals surface area contributed by atoms with Gasteiger partial charge in [-0.2, -0.15) is 4.98 Å². The average Bonchev–Trinajstić information content (AvgIpc) is 2.49. The Morgan fingerprint density at radius 3 is 2.60 bits per heavy atom. The summed E-state index contributed by atoms with van der Waals surface area (Å²) in [7, 11) is 0. The molecule has 78 valence electrons. The maximum atomic E-state index is 5.69. The van der Waals surface area contributed by atoms with Gasteiger partial charge in [0.25, 0.3) is 0 Å². The number of aromatic nitrogens is 4. The number of halogens is 1.